The van der Waals surface area contributed by atoms with Crippen LogP contribution in [0.2, 0.25) is 5.15 Å². The second-order valence-corrected chi connectivity index (χ2v) is 3.54. The smallest absolute Gasteiger partial charge is 0.326 e. The number of fused-ring (bicyclic) bond motifs is 1. The van der Waals surface area contributed by atoms with Crippen molar-refractivity contribution in [3.05, 3.63) is 22.7 Å². The van der Waals surface area contributed by atoms with Crippen LogP contribution in [0, 0.1) is 0 Å². The van der Waals surface area contributed by atoms with Crippen molar-refractivity contribution in [2.24, 2.45) is 0 Å². The Morgan fingerprint density at radius 3 is 3.17 bits per heavy atom. The number of hydrogen-bond donors (Lipinski definition) is 1. The molecule has 0 aliphatic heterocycles. The van der Waals surface area contributed by atoms with Gasteiger partial charge in [0.2, 0.25) is 5.15 Å². The third-order valence-electron chi connectivity index (χ3n) is 2.40. The molecule has 1 atom stereocenters. The minimum atomic E-state index is 0.416. The molecule has 0 bridgehead atoms. The van der Waals surface area contributed by atoms with Crippen molar-refractivity contribution in [1.29, 1.82) is 0 Å². The van der Waals surface area contributed by atoms with Crippen LogP contribution in [0.15, 0.2) is 6.33 Å². The highest BCUT2D eigenvalue weighted by molar-refractivity contribution is 6.30. The highest BCUT2D eigenvalue weighted by atomic mass is 35.5. The Bertz CT molecular complexity index is 327. The predicted octanol–water partition coefficient (Wildman–Crippen LogP) is 1.31. The van der Waals surface area contributed by atoms with E-state index in [-0.39, 0.29) is 0 Å². The molecule has 12 heavy (non-hydrogen) atoms. The van der Waals surface area contributed by atoms with Crippen LogP contribution in [0.1, 0.15) is 30.5 Å². The maximum absolute atomic E-state index is 9.37. The van der Waals surface area contributed by atoms with Crippen LogP contribution in [-0.4, -0.2) is 10.2 Å². The summed E-state index contributed by atoms with van der Waals surface area (Å²) in [6, 6.07) is 0. The summed E-state index contributed by atoms with van der Waals surface area (Å²) in [5.74, 6) is 0.416. The summed E-state index contributed by atoms with van der Waals surface area (Å²) in [7, 11) is 0. The summed E-state index contributed by atoms with van der Waals surface area (Å²) < 4.78 is 1.07. The van der Waals surface area contributed by atoms with Crippen molar-refractivity contribution in [2.75, 3.05) is 0 Å². The van der Waals surface area contributed by atoms with Crippen molar-refractivity contribution in [3.63, 3.8) is 0 Å². The lowest BCUT2D eigenvalue weighted by Crippen LogP contribution is -2.35. The fraction of sp³-hybridized carbons (Fsp3) is 0.500. The van der Waals surface area contributed by atoms with Gasteiger partial charge in [0.05, 0.1) is 5.56 Å². The van der Waals surface area contributed by atoms with Crippen molar-refractivity contribution in [1.82, 2.24) is 4.98 Å². The van der Waals surface area contributed by atoms with Crippen LogP contribution in [0.25, 0.3) is 0 Å². The molecule has 64 valence electrons. The van der Waals surface area contributed by atoms with Gasteiger partial charge in [-0.15, -0.1) is 0 Å². The van der Waals surface area contributed by atoms with Gasteiger partial charge in [0.15, 0.2) is 5.69 Å². The van der Waals surface area contributed by atoms with Gasteiger partial charge < -0.3 is 5.21 Å². The Balaban J connectivity index is 2.64. The first-order valence-corrected chi connectivity index (χ1v) is 4.36. The number of nitrogens with zero attached hydrogens (tertiary/aromatic N) is 2. The van der Waals surface area contributed by atoms with Crippen LogP contribution in [0.3, 0.4) is 0 Å². The number of halogens is 1. The molecule has 2 rings (SSSR count). The number of aromatic nitrogens is 2. The Morgan fingerprint density at radius 2 is 2.50 bits per heavy atom. The molecule has 0 saturated heterocycles. The van der Waals surface area contributed by atoms with Crippen LogP contribution in [0.4, 0.5) is 0 Å². The average Bonchev–Trinajstić information content (AvgIpc) is 2.42. The molecule has 0 spiro atoms. The lowest BCUT2D eigenvalue weighted by Gasteiger charge is -2.00. The Kier molecular flexibility index (Phi) is 1.68. The summed E-state index contributed by atoms with van der Waals surface area (Å²) in [5, 5.41) is 9.90. The van der Waals surface area contributed by atoms with E-state index in [9.17, 15) is 5.21 Å². The predicted molar refractivity (Wildman–Crippen MR) is 43.4 cm³/mol. The first kappa shape index (κ1) is 7.80. The molecule has 1 aliphatic carbocycles. The Labute approximate surface area is 75.6 Å². The van der Waals surface area contributed by atoms with E-state index in [4.69, 9.17) is 11.6 Å². The van der Waals surface area contributed by atoms with Gasteiger partial charge >= 0.3 is 6.33 Å². The number of rotatable bonds is 0. The van der Waals surface area contributed by atoms with Gasteiger partial charge in [-0.05, 0) is 28.9 Å². The van der Waals surface area contributed by atoms with Gasteiger partial charge in [-0.25, -0.2) is 0 Å². The zero-order valence-corrected chi connectivity index (χ0v) is 7.54. The van der Waals surface area contributed by atoms with Crippen molar-refractivity contribution >= 4 is 11.6 Å². The summed E-state index contributed by atoms with van der Waals surface area (Å²) in [5.41, 5.74) is 1.91. The van der Waals surface area contributed by atoms with E-state index >= 15 is 0 Å². The summed E-state index contributed by atoms with van der Waals surface area (Å²) in [4.78, 5) is 3.88. The fourth-order valence-electron chi connectivity index (χ4n) is 1.72. The number of hydrogen-bond acceptors (Lipinski definition) is 2. The van der Waals surface area contributed by atoms with Crippen molar-refractivity contribution < 1.29 is 9.94 Å². The van der Waals surface area contributed by atoms with Crippen LogP contribution in [0.5, 0.6) is 0 Å². The molecular formula is C8H10ClN2O+. The van der Waals surface area contributed by atoms with E-state index in [0.717, 1.165) is 28.8 Å². The zero-order valence-electron chi connectivity index (χ0n) is 6.79. The molecule has 3 nitrogen and oxygen atoms in total. The molecular weight excluding hydrogens is 176 g/mol. The third-order valence-corrected chi connectivity index (χ3v) is 2.70. The fourth-order valence-corrected chi connectivity index (χ4v) is 2.06. The van der Waals surface area contributed by atoms with Gasteiger partial charge in [-0.2, -0.15) is 0 Å². The summed E-state index contributed by atoms with van der Waals surface area (Å²) in [6.07, 6.45) is 3.27. The molecule has 0 aromatic carbocycles. The van der Waals surface area contributed by atoms with E-state index in [1.807, 2.05) is 0 Å². The largest absolute Gasteiger partial charge is 0.350 e. The maximum Gasteiger partial charge on any atom is 0.326 e. The van der Waals surface area contributed by atoms with Gasteiger partial charge in [-0.3, -0.25) is 0 Å². The van der Waals surface area contributed by atoms with Gasteiger partial charge in [0.25, 0.3) is 0 Å². The SMILES string of the molecule is CC1CCc2c1c(Cl)nc[n+]2O. The molecule has 1 heterocycles. The lowest BCUT2D eigenvalue weighted by molar-refractivity contribution is -0.911. The molecule has 1 aromatic heterocycles. The first-order valence-electron chi connectivity index (χ1n) is 3.98. The van der Waals surface area contributed by atoms with Crippen LogP contribution in [-0.2, 0) is 6.42 Å². The second kappa shape index (κ2) is 2.59. The van der Waals surface area contributed by atoms with Crippen LogP contribution >= 0.6 is 11.6 Å². The molecule has 1 unspecified atom stereocenters. The van der Waals surface area contributed by atoms with E-state index in [2.05, 4.69) is 11.9 Å². The normalized spacial score (nSPS) is 21.0. The van der Waals surface area contributed by atoms with Gasteiger partial charge in [0, 0.05) is 6.42 Å². The lowest BCUT2D eigenvalue weighted by atomic mass is 10.1. The minimum absolute atomic E-state index is 0.416. The molecule has 0 saturated carbocycles. The minimum Gasteiger partial charge on any atom is -0.350 e. The molecule has 1 aromatic rings. The third kappa shape index (κ3) is 0.966. The molecule has 4 heteroatoms. The second-order valence-electron chi connectivity index (χ2n) is 3.18. The van der Waals surface area contributed by atoms with E-state index in [1.165, 1.54) is 6.33 Å². The van der Waals surface area contributed by atoms with Gasteiger partial charge in [0.1, 0.15) is 0 Å². The highest BCUT2D eigenvalue weighted by Crippen LogP contribution is 2.33. The Morgan fingerprint density at radius 1 is 1.75 bits per heavy atom. The quantitative estimate of drug-likeness (QED) is 0.376. The van der Waals surface area contributed by atoms with E-state index in [0.29, 0.717) is 11.1 Å². The average molecular weight is 186 g/mol. The van der Waals surface area contributed by atoms with E-state index < -0.39 is 0 Å². The monoisotopic (exact) mass is 185 g/mol. The van der Waals surface area contributed by atoms with E-state index in [1.54, 1.807) is 0 Å². The maximum atomic E-state index is 9.37. The first-order chi connectivity index (χ1) is 5.70. The standard InChI is InChI=1S/C8H10ClN2O/c1-5-2-3-6-7(5)8(9)10-4-11(6)12/h4-5,12H,2-3H2,1H3/q+1. The molecule has 0 radical (unpaired) electrons. The van der Waals surface area contributed by atoms with Crippen LogP contribution < -0.4 is 4.73 Å². The van der Waals surface area contributed by atoms with Crippen molar-refractivity contribution in [2.45, 2.75) is 25.7 Å². The zero-order chi connectivity index (χ0) is 8.72. The van der Waals surface area contributed by atoms with Gasteiger partial charge in [-0.1, -0.05) is 11.7 Å². The summed E-state index contributed by atoms with van der Waals surface area (Å²) >= 11 is 5.90. The highest BCUT2D eigenvalue weighted by Gasteiger charge is 2.30. The Hall–Kier alpha value is -0.830. The molecule has 0 fully saturated rings. The van der Waals surface area contributed by atoms with Crippen molar-refractivity contribution in [3.8, 4) is 0 Å². The topological polar surface area (TPSA) is 37.0 Å². The molecule has 0 amide bonds. The molecule has 1 N–H and O–H groups in total. The molecule has 1 aliphatic rings. The summed E-state index contributed by atoms with van der Waals surface area (Å²) in [6.45, 7) is 2.10.